The van der Waals surface area contributed by atoms with E-state index >= 15 is 0 Å². The minimum atomic E-state index is 0.00740. The van der Waals surface area contributed by atoms with Gasteiger partial charge in [-0.05, 0) is 32.3 Å². The topological polar surface area (TPSA) is 78.9 Å². The van der Waals surface area contributed by atoms with Gasteiger partial charge in [-0.25, -0.2) is 9.97 Å². The van der Waals surface area contributed by atoms with Crippen molar-refractivity contribution >= 4 is 11.8 Å². The molecule has 0 aromatic carbocycles. The van der Waals surface area contributed by atoms with E-state index in [1.165, 1.54) is 12.8 Å². The highest BCUT2D eigenvalue weighted by Gasteiger charge is 2.30. The molecule has 3 N–H and O–H groups in total. The fraction of sp³-hybridized carbons (Fsp3) is 0.615. The number of amidine groups is 1. The molecule has 1 aromatic rings. The van der Waals surface area contributed by atoms with Crippen molar-refractivity contribution in [2.24, 2.45) is 5.73 Å². The maximum atomic E-state index is 7.50. The molecule has 0 saturated heterocycles. The van der Waals surface area contributed by atoms with Crippen LogP contribution in [0.5, 0.6) is 0 Å². The third-order valence-electron chi connectivity index (χ3n) is 3.12. The van der Waals surface area contributed by atoms with Crippen molar-refractivity contribution in [3.05, 3.63) is 17.5 Å². The Bertz CT molecular complexity index is 439. The van der Waals surface area contributed by atoms with Gasteiger partial charge in [0.25, 0.3) is 0 Å². The molecule has 5 nitrogen and oxygen atoms in total. The van der Waals surface area contributed by atoms with Crippen molar-refractivity contribution in [2.45, 2.75) is 45.6 Å². The minimum absolute atomic E-state index is 0.00740. The molecule has 0 bridgehead atoms. The molecule has 0 unspecified atom stereocenters. The Morgan fingerprint density at radius 2 is 2.22 bits per heavy atom. The van der Waals surface area contributed by atoms with Crippen molar-refractivity contribution in [3.63, 3.8) is 0 Å². The molecular weight excluding hydrogens is 226 g/mol. The van der Waals surface area contributed by atoms with Crippen LogP contribution in [0.2, 0.25) is 0 Å². The molecule has 2 rings (SSSR count). The van der Waals surface area contributed by atoms with E-state index in [0.717, 1.165) is 31.0 Å². The first kappa shape index (κ1) is 12.8. The van der Waals surface area contributed by atoms with Gasteiger partial charge in [0.15, 0.2) is 0 Å². The van der Waals surface area contributed by atoms with Crippen LogP contribution in [0.15, 0.2) is 6.07 Å². The van der Waals surface area contributed by atoms with Gasteiger partial charge >= 0.3 is 0 Å². The van der Waals surface area contributed by atoms with Crippen LogP contribution >= 0.6 is 0 Å². The van der Waals surface area contributed by atoms with Gasteiger partial charge in [-0.15, -0.1) is 0 Å². The molecule has 1 aliphatic rings. The molecular formula is C13H21N5. The van der Waals surface area contributed by atoms with Crippen molar-refractivity contribution < 1.29 is 0 Å². The van der Waals surface area contributed by atoms with E-state index in [2.05, 4.69) is 21.8 Å². The number of hydrogen-bond donors (Lipinski definition) is 2. The Morgan fingerprint density at radius 1 is 1.50 bits per heavy atom. The summed E-state index contributed by atoms with van der Waals surface area (Å²) < 4.78 is 0. The molecule has 1 aliphatic carbocycles. The quantitative estimate of drug-likeness (QED) is 0.594. The smallest absolute Gasteiger partial charge is 0.226 e. The molecule has 1 fully saturated rings. The fourth-order valence-corrected chi connectivity index (χ4v) is 1.98. The molecule has 1 saturated carbocycles. The number of nitrogens with two attached hydrogens (primary N) is 1. The highest BCUT2D eigenvalue weighted by atomic mass is 15.3. The van der Waals surface area contributed by atoms with Crippen LogP contribution < -0.4 is 10.6 Å². The molecule has 1 heterocycles. The number of hydrogen-bond acceptors (Lipinski definition) is 4. The summed E-state index contributed by atoms with van der Waals surface area (Å²) in [7, 11) is 0. The van der Waals surface area contributed by atoms with E-state index in [4.69, 9.17) is 11.1 Å². The Balaban J connectivity index is 2.25. The second-order valence-electron chi connectivity index (χ2n) is 4.89. The van der Waals surface area contributed by atoms with Gasteiger partial charge in [-0.3, -0.25) is 5.41 Å². The van der Waals surface area contributed by atoms with Crippen molar-refractivity contribution in [3.8, 4) is 0 Å². The van der Waals surface area contributed by atoms with E-state index in [1.807, 2.05) is 6.92 Å². The zero-order valence-corrected chi connectivity index (χ0v) is 11.1. The summed E-state index contributed by atoms with van der Waals surface area (Å²) >= 11 is 0. The summed E-state index contributed by atoms with van der Waals surface area (Å²) in [5.74, 6) is 0.740. The summed E-state index contributed by atoms with van der Waals surface area (Å²) in [6, 6.07) is 2.34. The summed E-state index contributed by atoms with van der Waals surface area (Å²) in [6.45, 7) is 5.09. The summed E-state index contributed by atoms with van der Waals surface area (Å²) in [4.78, 5) is 11.2. The van der Waals surface area contributed by atoms with Gasteiger partial charge in [-0.2, -0.15) is 0 Å². The first-order valence-corrected chi connectivity index (χ1v) is 6.58. The number of rotatable bonds is 6. The van der Waals surface area contributed by atoms with E-state index in [-0.39, 0.29) is 5.84 Å². The number of aromatic nitrogens is 2. The van der Waals surface area contributed by atoms with Crippen LogP contribution in [-0.2, 0) is 0 Å². The van der Waals surface area contributed by atoms with Crippen LogP contribution in [0.1, 0.15) is 44.0 Å². The maximum absolute atomic E-state index is 7.50. The number of nitrogens with one attached hydrogen (secondary N) is 1. The lowest BCUT2D eigenvalue weighted by Gasteiger charge is -2.22. The summed E-state index contributed by atoms with van der Waals surface area (Å²) in [5, 5.41) is 7.50. The molecule has 0 radical (unpaired) electrons. The number of unbranched alkanes of at least 4 members (excludes halogenated alkanes) is 1. The van der Waals surface area contributed by atoms with Crippen molar-refractivity contribution in [1.82, 2.24) is 9.97 Å². The van der Waals surface area contributed by atoms with Crippen molar-refractivity contribution in [1.29, 1.82) is 5.41 Å². The molecule has 5 heteroatoms. The second kappa shape index (κ2) is 5.33. The SMILES string of the molecule is CCCCN(c1nc(C)cc(C(=N)N)n1)C1CC1. The average molecular weight is 247 g/mol. The standard InChI is InChI=1S/C13H21N5/c1-3-4-7-18(10-5-6-10)13-16-9(2)8-11(17-13)12(14)15/h8,10H,3-7H2,1-2H3,(H3,14,15). The van der Waals surface area contributed by atoms with Gasteiger partial charge in [0, 0.05) is 18.3 Å². The third kappa shape index (κ3) is 2.97. The third-order valence-corrected chi connectivity index (χ3v) is 3.12. The Labute approximate surface area is 108 Å². The number of aryl methyl sites for hydroxylation is 1. The van der Waals surface area contributed by atoms with Crippen LogP contribution in [0.3, 0.4) is 0 Å². The zero-order chi connectivity index (χ0) is 13.1. The number of anilines is 1. The lowest BCUT2D eigenvalue weighted by molar-refractivity contribution is 0.692. The molecule has 18 heavy (non-hydrogen) atoms. The predicted octanol–water partition coefficient (Wildman–Crippen LogP) is 1.84. The first-order valence-electron chi connectivity index (χ1n) is 6.58. The van der Waals surface area contributed by atoms with Crippen molar-refractivity contribution in [2.75, 3.05) is 11.4 Å². The van der Waals surface area contributed by atoms with Crippen LogP contribution in [0.4, 0.5) is 5.95 Å². The van der Waals surface area contributed by atoms with Crippen LogP contribution in [-0.4, -0.2) is 28.4 Å². The van der Waals surface area contributed by atoms with E-state index in [0.29, 0.717) is 11.7 Å². The highest BCUT2D eigenvalue weighted by molar-refractivity contribution is 5.93. The molecule has 0 amide bonds. The molecule has 0 spiro atoms. The monoisotopic (exact) mass is 247 g/mol. The number of nitrogen functional groups attached to an aromatic ring is 1. The fourth-order valence-electron chi connectivity index (χ4n) is 1.98. The van der Waals surface area contributed by atoms with Gasteiger partial charge in [0.1, 0.15) is 11.5 Å². The summed E-state index contributed by atoms with van der Waals surface area (Å²) in [5.41, 5.74) is 6.91. The molecule has 0 aliphatic heterocycles. The highest BCUT2D eigenvalue weighted by Crippen LogP contribution is 2.30. The lowest BCUT2D eigenvalue weighted by Crippen LogP contribution is -2.30. The normalized spacial score (nSPS) is 14.6. The van der Waals surface area contributed by atoms with E-state index in [1.54, 1.807) is 6.07 Å². The predicted molar refractivity (Wildman–Crippen MR) is 73.1 cm³/mol. The van der Waals surface area contributed by atoms with Gasteiger partial charge < -0.3 is 10.6 Å². The minimum Gasteiger partial charge on any atom is -0.382 e. The number of nitrogens with zero attached hydrogens (tertiary/aromatic N) is 3. The zero-order valence-electron chi connectivity index (χ0n) is 11.1. The Hall–Kier alpha value is -1.65. The van der Waals surface area contributed by atoms with E-state index < -0.39 is 0 Å². The largest absolute Gasteiger partial charge is 0.382 e. The molecule has 98 valence electrons. The molecule has 1 aromatic heterocycles. The average Bonchev–Trinajstić information content (AvgIpc) is 3.13. The Kier molecular flexibility index (Phi) is 3.79. The Morgan fingerprint density at radius 3 is 2.78 bits per heavy atom. The van der Waals surface area contributed by atoms with Gasteiger partial charge in [0.05, 0.1) is 0 Å². The van der Waals surface area contributed by atoms with Crippen LogP contribution in [0, 0.1) is 12.3 Å². The first-order chi connectivity index (χ1) is 8.61. The lowest BCUT2D eigenvalue weighted by atomic mass is 10.3. The summed E-state index contributed by atoms with van der Waals surface area (Å²) in [6.07, 6.45) is 4.74. The van der Waals surface area contributed by atoms with Crippen LogP contribution in [0.25, 0.3) is 0 Å². The molecule has 0 atom stereocenters. The second-order valence-corrected chi connectivity index (χ2v) is 4.89. The maximum Gasteiger partial charge on any atom is 0.226 e. The van der Waals surface area contributed by atoms with E-state index in [9.17, 15) is 0 Å². The van der Waals surface area contributed by atoms with Gasteiger partial charge in [-0.1, -0.05) is 13.3 Å². The van der Waals surface area contributed by atoms with Gasteiger partial charge in [0.2, 0.25) is 5.95 Å².